The van der Waals surface area contributed by atoms with E-state index in [2.05, 4.69) is 80.6 Å². The summed E-state index contributed by atoms with van der Waals surface area (Å²) in [5.41, 5.74) is 1.87. The molecule has 1 heteroatoms. The second-order valence-electron chi connectivity index (χ2n) is 6.90. The molecule has 0 radical (unpaired) electrons. The molecule has 0 saturated carbocycles. The first-order valence-corrected chi connectivity index (χ1v) is 8.06. The molecule has 0 saturated heterocycles. The molecule has 0 bridgehead atoms. The van der Waals surface area contributed by atoms with Gasteiger partial charge in [-0.1, -0.05) is 86.7 Å². The van der Waals surface area contributed by atoms with Gasteiger partial charge in [0.2, 0.25) is 0 Å². The van der Waals surface area contributed by atoms with Gasteiger partial charge >= 0.3 is 0 Å². The maximum atomic E-state index is 11.1. The summed E-state index contributed by atoms with van der Waals surface area (Å²) in [5.74, 6) is 0. The van der Waals surface area contributed by atoms with E-state index in [0.717, 1.165) is 16.4 Å². The summed E-state index contributed by atoms with van der Waals surface area (Å²) in [6.07, 6.45) is 1.66. The van der Waals surface area contributed by atoms with Crippen molar-refractivity contribution in [3.63, 3.8) is 0 Å². The van der Waals surface area contributed by atoms with E-state index < -0.39 is 6.10 Å². The van der Waals surface area contributed by atoms with Crippen LogP contribution >= 0.6 is 0 Å². The molecule has 3 aromatic carbocycles. The minimum Gasteiger partial charge on any atom is -0.387 e. The largest absolute Gasteiger partial charge is 0.387 e. The van der Waals surface area contributed by atoms with Crippen molar-refractivity contribution < 1.29 is 5.11 Å². The first kappa shape index (κ1) is 14.2. The van der Waals surface area contributed by atoms with Gasteiger partial charge in [-0.05, 0) is 32.3 Å². The zero-order valence-electron chi connectivity index (χ0n) is 13.5. The van der Waals surface area contributed by atoms with Crippen LogP contribution in [0.2, 0.25) is 0 Å². The molecule has 3 aromatic rings. The van der Waals surface area contributed by atoms with Crippen LogP contribution in [-0.4, -0.2) is 11.2 Å². The van der Waals surface area contributed by atoms with E-state index in [0.29, 0.717) is 0 Å². The second-order valence-corrected chi connectivity index (χ2v) is 6.90. The van der Waals surface area contributed by atoms with Gasteiger partial charge in [0, 0.05) is 5.41 Å². The Bertz CT molecular complexity index is 1010. The molecule has 1 N–H and O–H groups in total. The van der Waals surface area contributed by atoms with Gasteiger partial charge in [0.15, 0.2) is 0 Å². The standard InChI is InChI=1S/C22H20O/c1-22(2)14-16-9-4-6-12-18(16)20(21(22)23)19-13-7-10-15-8-3-5-11-17(15)19/h3-14,21,23H,1-2H3/t21-/m0/s1. The number of hydrogen-bond acceptors (Lipinski definition) is 1. The first-order valence-electron chi connectivity index (χ1n) is 8.06. The fraction of sp³-hybridized carbons (Fsp3) is 0.182. The summed E-state index contributed by atoms with van der Waals surface area (Å²) in [6.45, 7) is 4.19. The highest BCUT2D eigenvalue weighted by molar-refractivity contribution is 5.95. The summed E-state index contributed by atoms with van der Waals surface area (Å²) in [5, 5.41) is 15.8. The molecule has 0 heterocycles. The number of fused-ring (bicyclic) bond motifs is 2. The smallest absolute Gasteiger partial charge is 0.0887 e. The number of aliphatic hydroxyl groups excluding tert-OH is 1. The Kier molecular flexibility index (Phi) is 3.14. The van der Waals surface area contributed by atoms with Gasteiger partial charge in [0.1, 0.15) is 0 Å². The van der Waals surface area contributed by atoms with E-state index in [4.69, 9.17) is 0 Å². The van der Waals surface area contributed by atoms with Crippen molar-refractivity contribution in [1.82, 2.24) is 0 Å². The summed E-state index contributed by atoms with van der Waals surface area (Å²) in [6, 6.07) is 23.0. The maximum Gasteiger partial charge on any atom is 0.0887 e. The van der Waals surface area contributed by atoms with Crippen LogP contribution in [-0.2, 0) is 0 Å². The van der Waals surface area contributed by atoms with Crippen LogP contribution in [0.4, 0.5) is 0 Å². The van der Waals surface area contributed by atoms with E-state index in [9.17, 15) is 5.11 Å². The average molecular weight is 300 g/mol. The highest BCUT2D eigenvalue weighted by atomic mass is 16.3. The summed E-state index contributed by atoms with van der Waals surface area (Å²) >= 11 is 0. The third kappa shape index (κ3) is 2.20. The topological polar surface area (TPSA) is 20.2 Å². The quantitative estimate of drug-likeness (QED) is 0.731. The van der Waals surface area contributed by atoms with E-state index in [-0.39, 0.29) is 5.41 Å². The number of rotatable bonds is 1. The number of hydrogen-bond donors (Lipinski definition) is 1. The lowest BCUT2D eigenvalue weighted by Crippen LogP contribution is -2.43. The molecule has 0 aliphatic heterocycles. The molecule has 0 unspecified atom stereocenters. The third-order valence-corrected chi connectivity index (χ3v) is 4.84. The zero-order valence-corrected chi connectivity index (χ0v) is 13.5. The number of benzene rings is 3. The Morgan fingerprint density at radius 3 is 2.39 bits per heavy atom. The molecule has 1 atom stereocenters. The maximum absolute atomic E-state index is 11.1. The average Bonchev–Trinajstić information content (AvgIpc) is 2.56. The zero-order chi connectivity index (χ0) is 16.0. The minimum atomic E-state index is -0.525. The van der Waals surface area contributed by atoms with Crippen molar-refractivity contribution in [2.45, 2.75) is 20.0 Å². The first-order chi connectivity index (χ1) is 11.1. The van der Waals surface area contributed by atoms with Gasteiger partial charge < -0.3 is 5.11 Å². The summed E-state index contributed by atoms with van der Waals surface area (Å²) < 4.78 is 0. The molecule has 0 aromatic heterocycles. The lowest BCUT2D eigenvalue weighted by Gasteiger charge is -2.33. The SMILES string of the molecule is CC1(C)C=c2ccccc2=C(c2cccc3ccccc23)[C@@H]1O. The molecule has 1 aliphatic carbocycles. The minimum absolute atomic E-state index is 0.291. The predicted octanol–water partition coefficient (Wildman–Crippen LogP) is 3.22. The fourth-order valence-electron chi connectivity index (χ4n) is 3.62. The molecule has 1 aliphatic rings. The van der Waals surface area contributed by atoms with Crippen LogP contribution in [0.5, 0.6) is 0 Å². The highest BCUT2D eigenvalue weighted by Crippen LogP contribution is 2.35. The van der Waals surface area contributed by atoms with Crippen molar-refractivity contribution in [2.75, 3.05) is 0 Å². The van der Waals surface area contributed by atoms with Gasteiger partial charge in [-0.2, -0.15) is 0 Å². The molecule has 1 nitrogen and oxygen atoms in total. The van der Waals surface area contributed by atoms with Crippen molar-refractivity contribution in [3.05, 3.63) is 82.7 Å². The van der Waals surface area contributed by atoms with Crippen molar-refractivity contribution >= 4 is 22.4 Å². The lowest BCUT2D eigenvalue weighted by molar-refractivity contribution is 0.143. The fourth-order valence-corrected chi connectivity index (χ4v) is 3.62. The van der Waals surface area contributed by atoms with E-state index >= 15 is 0 Å². The van der Waals surface area contributed by atoms with E-state index in [1.54, 1.807) is 0 Å². The van der Waals surface area contributed by atoms with Crippen LogP contribution in [0, 0.1) is 5.41 Å². The van der Waals surface area contributed by atoms with E-state index in [1.807, 2.05) is 6.07 Å². The normalized spacial score (nSPS) is 19.3. The summed E-state index contributed by atoms with van der Waals surface area (Å²) in [7, 11) is 0. The van der Waals surface area contributed by atoms with Crippen LogP contribution in [0.3, 0.4) is 0 Å². The summed E-state index contributed by atoms with van der Waals surface area (Å²) in [4.78, 5) is 0. The van der Waals surface area contributed by atoms with Crippen molar-refractivity contribution in [2.24, 2.45) is 5.41 Å². The molecule has 114 valence electrons. The highest BCUT2D eigenvalue weighted by Gasteiger charge is 2.32. The Hall–Kier alpha value is -2.38. The predicted molar refractivity (Wildman–Crippen MR) is 96.4 cm³/mol. The Labute approximate surface area is 136 Å². The van der Waals surface area contributed by atoms with Gasteiger partial charge in [-0.15, -0.1) is 0 Å². The van der Waals surface area contributed by atoms with Crippen LogP contribution < -0.4 is 10.4 Å². The van der Waals surface area contributed by atoms with Crippen molar-refractivity contribution in [3.8, 4) is 0 Å². The monoisotopic (exact) mass is 300 g/mol. The molecular formula is C22H20O. The van der Waals surface area contributed by atoms with Crippen LogP contribution in [0.25, 0.3) is 22.4 Å². The van der Waals surface area contributed by atoms with Gasteiger partial charge in [-0.25, -0.2) is 0 Å². The van der Waals surface area contributed by atoms with Gasteiger partial charge in [-0.3, -0.25) is 0 Å². The molecule has 0 fully saturated rings. The number of aliphatic hydroxyl groups is 1. The molecule has 0 spiro atoms. The van der Waals surface area contributed by atoms with Crippen molar-refractivity contribution in [1.29, 1.82) is 0 Å². The molecule has 4 rings (SSSR count). The van der Waals surface area contributed by atoms with Crippen LogP contribution in [0.15, 0.2) is 66.7 Å². The molecule has 0 amide bonds. The molecule has 23 heavy (non-hydrogen) atoms. The second kappa shape index (κ2) is 5.07. The van der Waals surface area contributed by atoms with Crippen LogP contribution in [0.1, 0.15) is 19.4 Å². The van der Waals surface area contributed by atoms with Gasteiger partial charge in [0.05, 0.1) is 6.10 Å². The third-order valence-electron chi connectivity index (χ3n) is 4.84. The Morgan fingerprint density at radius 1 is 0.826 bits per heavy atom. The van der Waals surface area contributed by atoms with E-state index in [1.165, 1.54) is 16.0 Å². The van der Waals surface area contributed by atoms with Gasteiger partial charge in [0.25, 0.3) is 0 Å². The Balaban J connectivity index is 2.17. The Morgan fingerprint density at radius 2 is 1.52 bits per heavy atom. The molecular weight excluding hydrogens is 280 g/mol. The lowest BCUT2D eigenvalue weighted by atomic mass is 9.75.